The van der Waals surface area contributed by atoms with E-state index in [0.717, 1.165) is 35.5 Å². The van der Waals surface area contributed by atoms with E-state index in [1.807, 2.05) is 37.7 Å². The van der Waals surface area contributed by atoms with Crippen LogP contribution in [0.3, 0.4) is 0 Å². The van der Waals surface area contributed by atoms with E-state index in [-0.39, 0.29) is 36.1 Å². The number of hydrogen-bond donors (Lipinski definition) is 2. The first-order valence-corrected chi connectivity index (χ1v) is 12.4. The molecule has 0 aliphatic carbocycles. The number of carbonyl (C=O) groups is 3. The summed E-state index contributed by atoms with van der Waals surface area (Å²) in [5.74, 6) is 0.179. The molecular formula is C24H31N5O4S. The molecule has 2 N–H and O–H groups in total. The van der Waals surface area contributed by atoms with Crippen LogP contribution in [-0.2, 0) is 14.4 Å². The van der Waals surface area contributed by atoms with E-state index in [2.05, 4.69) is 20.5 Å². The fraction of sp³-hybridized carbons (Fsp3) is 0.500. The second-order valence-corrected chi connectivity index (χ2v) is 9.93. The number of carbonyl (C=O) groups excluding carboxylic acids is 3. The molecule has 2 aliphatic rings. The number of nitrogens with one attached hydrogen (secondary N) is 2. The molecule has 3 heterocycles. The zero-order valence-corrected chi connectivity index (χ0v) is 20.6. The Morgan fingerprint density at radius 1 is 1.32 bits per heavy atom. The lowest BCUT2D eigenvalue weighted by molar-refractivity contribution is -0.128. The highest BCUT2D eigenvalue weighted by molar-refractivity contribution is 7.14. The van der Waals surface area contributed by atoms with Gasteiger partial charge in [0.05, 0.1) is 24.3 Å². The van der Waals surface area contributed by atoms with Crippen LogP contribution in [-0.4, -0.2) is 72.8 Å². The first kappa shape index (κ1) is 24.2. The number of nitrogens with zero attached hydrogens (tertiary/aromatic N) is 3. The Labute approximate surface area is 203 Å². The van der Waals surface area contributed by atoms with Crippen molar-refractivity contribution in [1.29, 1.82) is 0 Å². The van der Waals surface area contributed by atoms with E-state index >= 15 is 0 Å². The maximum absolute atomic E-state index is 12.8. The number of fused-ring (bicyclic) bond motifs is 1. The van der Waals surface area contributed by atoms with Gasteiger partial charge in [0.2, 0.25) is 17.7 Å². The SMILES string of the molecule is CC(=O)NC1CCOc2ccc(-c3csc(NC(=O)C4CC(=O)N(CCCN(C)C)C4)n3)cc21. The number of rotatable bonds is 8. The molecule has 1 aromatic heterocycles. The lowest BCUT2D eigenvalue weighted by Crippen LogP contribution is -2.30. The lowest BCUT2D eigenvalue weighted by atomic mass is 9.97. The maximum atomic E-state index is 12.8. The molecule has 2 unspecified atom stereocenters. The second kappa shape index (κ2) is 10.5. The van der Waals surface area contributed by atoms with E-state index in [4.69, 9.17) is 4.74 Å². The highest BCUT2D eigenvalue weighted by Crippen LogP contribution is 2.36. The minimum atomic E-state index is -0.362. The van der Waals surface area contributed by atoms with Crippen LogP contribution >= 0.6 is 11.3 Å². The van der Waals surface area contributed by atoms with Crippen LogP contribution in [0.4, 0.5) is 5.13 Å². The summed E-state index contributed by atoms with van der Waals surface area (Å²) in [7, 11) is 4.01. The third-order valence-corrected chi connectivity index (χ3v) is 6.83. The predicted molar refractivity (Wildman–Crippen MR) is 131 cm³/mol. The third-order valence-electron chi connectivity index (χ3n) is 6.08. The summed E-state index contributed by atoms with van der Waals surface area (Å²) in [4.78, 5) is 45.1. The quantitative estimate of drug-likeness (QED) is 0.596. The van der Waals surface area contributed by atoms with Crippen LogP contribution < -0.4 is 15.4 Å². The summed E-state index contributed by atoms with van der Waals surface area (Å²) < 4.78 is 5.73. The van der Waals surface area contributed by atoms with Crippen LogP contribution in [0.2, 0.25) is 0 Å². The van der Waals surface area contributed by atoms with Gasteiger partial charge in [0.1, 0.15) is 5.75 Å². The van der Waals surface area contributed by atoms with Crippen LogP contribution in [0, 0.1) is 5.92 Å². The molecule has 0 saturated carbocycles. The minimum absolute atomic E-state index is 0.0312. The predicted octanol–water partition coefficient (Wildman–Crippen LogP) is 2.51. The zero-order valence-electron chi connectivity index (χ0n) is 19.8. The average molecular weight is 486 g/mol. The molecule has 0 radical (unpaired) electrons. The number of likely N-dealkylation sites (tertiary alicyclic amines) is 1. The normalized spacial score (nSPS) is 19.6. The highest BCUT2D eigenvalue weighted by Gasteiger charge is 2.34. The van der Waals surface area contributed by atoms with Crippen molar-refractivity contribution in [2.24, 2.45) is 5.92 Å². The Morgan fingerprint density at radius 3 is 2.91 bits per heavy atom. The monoisotopic (exact) mass is 485 g/mol. The van der Waals surface area contributed by atoms with Crippen molar-refractivity contribution in [3.8, 4) is 17.0 Å². The zero-order chi connectivity index (χ0) is 24.2. The van der Waals surface area contributed by atoms with Crippen molar-refractivity contribution < 1.29 is 19.1 Å². The van der Waals surface area contributed by atoms with Gasteiger partial charge in [-0.2, -0.15) is 0 Å². The van der Waals surface area contributed by atoms with Gasteiger partial charge in [-0.15, -0.1) is 11.3 Å². The smallest absolute Gasteiger partial charge is 0.231 e. The van der Waals surface area contributed by atoms with Gasteiger partial charge < -0.3 is 25.2 Å². The van der Waals surface area contributed by atoms with E-state index in [1.165, 1.54) is 18.3 Å². The van der Waals surface area contributed by atoms with Crippen LogP contribution in [0.1, 0.15) is 37.8 Å². The summed E-state index contributed by atoms with van der Waals surface area (Å²) >= 11 is 1.35. The molecule has 1 aromatic carbocycles. The summed E-state index contributed by atoms with van der Waals surface area (Å²) in [5.41, 5.74) is 2.55. The largest absolute Gasteiger partial charge is 0.493 e. The standard InChI is InChI=1S/C24H31N5O4S/c1-15(30)25-19-7-10-33-21-6-5-16(11-18(19)21)20-14-34-24(26-20)27-23(32)17-12-22(31)29(13-17)9-4-8-28(2)3/h5-6,11,14,17,19H,4,7-10,12-13H2,1-3H3,(H,25,30)(H,26,27,32). The number of thiazole rings is 1. The number of hydrogen-bond acceptors (Lipinski definition) is 7. The van der Waals surface area contributed by atoms with E-state index in [9.17, 15) is 14.4 Å². The van der Waals surface area contributed by atoms with E-state index in [0.29, 0.717) is 31.2 Å². The van der Waals surface area contributed by atoms with Gasteiger partial charge in [-0.1, -0.05) is 0 Å². The van der Waals surface area contributed by atoms with Gasteiger partial charge in [0, 0.05) is 49.4 Å². The van der Waals surface area contributed by atoms with Gasteiger partial charge >= 0.3 is 0 Å². The topological polar surface area (TPSA) is 104 Å². The molecule has 182 valence electrons. The molecule has 34 heavy (non-hydrogen) atoms. The Kier molecular flexibility index (Phi) is 7.47. The summed E-state index contributed by atoms with van der Waals surface area (Å²) in [5, 5.41) is 8.26. The molecule has 3 amide bonds. The van der Waals surface area contributed by atoms with Gasteiger partial charge in [-0.3, -0.25) is 14.4 Å². The lowest BCUT2D eigenvalue weighted by Gasteiger charge is -2.26. The van der Waals surface area contributed by atoms with Crippen molar-refractivity contribution in [1.82, 2.24) is 20.1 Å². The van der Waals surface area contributed by atoms with Gasteiger partial charge in [-0.25, -0.2) is 4.98 Å². The molecule has 0 spiro atoms. The Bertz CT molecular complexity index is 1070. The number of benzene rings is 1. The number of anilines is 1. The van der Waals surface area contributed by atoms with Crippen molar-refractivity contribution >= 4 is 34.2 Å². The number of ether oxygens (including phenoxy) is 1. The Morgan fingerprint density at radius 2 is 2.15 bits per heavy atom. The van der Waals surface area contributed by atoms with Crippen LogP contribution in [0.15, 0.2) is 23.6 Å². The molecule has 4 rings (SSSR count). The first-order valence-electron chi connectivity index (χ1n) is 11.5. The minimum Gasteiger partial charge on any atom is -0.493 e. The molecule has 9 nitrogen and oxygen atoms in total. The molecule has 0 bridgehead atoms. The average Bonchev–Trinajstić information content (AvgIpc) is 3.40. The van der Waals surface area contributed by atoms with Gasteiger partial charge in [0.15, 0.2) is 5.13 Å². The molecule has 1 fully saturated rings. The molecular weight excluding hydrogens is 454 g/mol. The molecule has 2 atom stereocenters. The molecule has 2 aromatic rings. The molecule has 2 aliphatic heterocycles. The summed E-state index contributed by atoms with van der Waals surface area (Å²) in [6, 6.07) is 5.71. The second-order valence-electron chi connectivity index (χ2n) is 9.07. The highest BCUT2D eigenvalue weighted by atomic mass is 32.1. The number of aromatic nitrogens is 1. The molecule has 1 saturated heterocycles. The molecule has 10 heteroatoms. The van der Waals surface area contributed by atoms with Crippen molar-refractivity contribution in [2.75, 3.05) is 45.7 Å². The fourth-order valence-electron chi connectivity index (χ4n) is 4.36. The first-order chi connectivity index (χ1) is 16.3. The summed E-state index contributed by atoms with van der Waals surface area (Å²) in [6.07, 6.45) is 1.83. The maximum Gasteiger partial charge on any atom is 0.231 e. The third kappa shape index (κ3) is 5.74. The van der Waals surface area contributed by atoms with E-state index in [1.54, 1.807) is 4.90 Å². The van der Waals surface area contributed by atoms with Gasteiger partial charge in [-0.05, 0) is 45.3 Å². The Balaban J connectivity index is 1.39. The fourth-order valence-corrected chi connectivity index (χ4v) is 5.08. The number of amides is 3. The van der Waals surface area contributed by atoms with Crippen molar-refractivity contribution in [2.45, 2.75) is 32.2 Å². The van der Waals surface area contributed by atoms with E-state index < -0.39 is 0 Å². The summed E-state index contributed by atoms with van der Waals surface area (Å²) in [6.45, 7) is 4.09. The Hall–Kier alpha value is -2.98. The van der Waals surface area contributed by atoms with Crippen LogP contribution in [0.25, 0.3) is 11.3 Å². The van der Waals surface area contributed by atoms with Crippen molar-refractivity contribution in [3.63, 3.8) is 0 Å². The van der Waals surface area contributed by atoms with Crippen molar-refractivity contribution in [3.05, 3.63) is 29.1 Å². The van der Waals surface area contributed by atoms with Crippen LogP contribution in [0.5, 0.6) is 5.75 Å². The van der Waals surface area contributed by atoms with Gasteiger partial charge in [0.25, 0.3) is 0 Å².